The molecule has 0 saturated carbocycles. The number of hydrogen-bond acceptors (Lipinski definition) is 2. The van der Waals surface area contributed by atoms with Gasteiger partial charge in [-0.1, -0.05) is 13.8 Å². The fraction of sp³-hybridized carbons (Fsp3) is 0.300. The monoisotopic (exact) mass is 160 g/mol. The Bertz CT molecular complexity index is 321. The van der Waals surface area contributed by atoms with E-state index in [1.807, 2.05) is 6.07 Å². The van der Waals surface area contributed by atoms with E-state index >= 15 is 0 Å². The summed E-state index contributed by atoms with van der Waals surface area (Å²) >= 11 is 0. The summed E-state index contributed by atoms with van der Waals surface area (Å²) in [6.07, 6.45) is 6.87. The molecular weight excluding hydrogens is 148 g/mol. The molecule has 0 aromatic carbocycles. The molecule has 2 nitrogen and oxygen atoms in total. The molecule has 0 fully saturated rings. The molecule has 2 heteroatoms. The highest BCUT2D eigenvalue weighted by Crippen LogP contribution is 2.19. The van der Waals surface area contributed by atoms with E-state index in [0.29, 0.717) is 17.3 Å². The number of nitrogens with two attached hydrogens (primary N) is 1. The SMILES string of the molecule is C#Cc1ncc(N)cc1C(C)C. The van der Waals surface area contributed by atoms with Crippen LogP contribution >= 0.6 is 0 Å². The Morgan fingerprint density at radius 2 is 2.25 bits per heavy atom. The van der Waals surface area contributed by atoms with Crippen molar-refractivity contribution in [3.63, 3.8) is 0 Å². The highest BCUT2D eigenvalue weighted by atomic mass is 14.7. The van der Waals surface area contributed by atoms with E-state index in [9.17, 15) is 0 Å². The third kappa shape index (κ3) is 1.57. The van der Waals surface area contributed by atoms with E-state index in [1.165, 1.54) is 0 Å². The predicted octanol–water partition coefficient (Wildman–Crippen LogP) is 1.77. The van der Waals surface area contributed by atoms with Crippen molar-refractivity contribution in [3.05, 3.63) is 23.5 Å². The van der Waals surface area contributed by atoms with Crippen LogP contribution in [0.1, 0.15) is 31.0 Å². The van der Waals surface area contributed by atoms with Crippen molar-refractivity contribution in [2.45, 2.75) is 19.8 Å². The standard InChI is InChI=1S/C10H12N2/c1-4-10-9(7(2)3)5-8(11)6-12-10/h1,5-7H,11H2,2-3H3. The second-order valence-electron chi connectivity index (χ2n) is 3.01. The Labute approximate surface area is 72.8 Å². The second-order valence-corrected chi connectivity index (χ2v) is 3.01. The van der Waals surface area contributed by atoms with Crippen molar-refractivity contribution in [1.82, 2.24) is 4.98 Å². The van der Waals surface area contributed by atoms with Gasteiger partial charge in [-0.05, 0) is 23.5 Å². The fourth-order valence-corrected chi connectivity index (χ4v) is 1.06. The van der Waals surface area contributed by atoms with Gasteiger partial charge in [0.1, 0.15) is 5.69 Å². The topological polar surface area (TPSA) is 38.9 Å². The maximum atomic E-state index is 5.59. The lowest BCUT2D eigenvalue weighted by Gasteiger charge is -2.07. The number of nitrogen functional groups attached to an aromatic ring is 1. The van der Waals surface area contributed by atoms with Gasteiger partial charge < -0.3 is 5.73 Å². The first-order chi connectivity index (χ1) is 5.65. The van der Waals surface area contributed by atoms with E-state index < -0.39 is 0 Å². The second kappa shape index (κ2) is 3.27. The number of hydrogen-bond donors (Lipinski definition) is 1. The largest absolute Gasteiger partial charge is 0.397 e. The van der Waals surface area contributed by atoms with Crippen LogP contribution < -0.4 is 5.73 Å². The zero-order valence-electron chi connectivity index (χ0n) is 7.33. The van der Waals surface area contributed by atoms with E-state index in [-0.39, 0.29) is 0 Å². The summed E-state index contributed by atoms with van der Waals surface area (Å²) in [6, 6.07) is 1.88. The zero-order valence-corrected chi connectivity index (χ0v) is 7.33. The first-order valence-electron chi connectivity index (χ1n) is 3.87. The Kier molecular flexibility index (Phi) is 2.35. The van der Waals surface area contributed by atoms with Gasteiger partial charge in [0.25, 0.3) is 0 Å². The number of rotatable bonds is 1. The summed E-state index contributed by atoms with van der Waals surface area (Å²) in [6.45, 7) is 4.13. The van der Waals surface area contributed by atoms with Crippen LogP contribution in [-0.4, -0.2) is 4.98 Å². The summed E-state index contributed by atoms with van der Waals surface area (Å²) in [5, 5.41) is 0. The minimum Gasteiger partial charge on any atom is -0.397 e. The normalized spacial score (nSPS) is 9.83. The third-order valence-corrected chi connectivity index (χ3v) is 1.70. The first kappa shape index (κ1) is 8.61. The average Bonchev–Trinajstić information content (AvgIpc) is 2.04. The molecule has 0 radical (unpaired) electrons. The quantitative estimate of drug-likeness (QED) is 0.636. The zero-order chi connectivity index (χ0) is 9.14. The minimum atomic E-state index is 0.368. The van der Waals surface area contributed by atoms with Crippen LogP contribution in [0.2, 0.25) is 0 Å². The lowest BCUT2D eigenvalue weighted by molar-refractivity contribution is 0.854. The number of aromatic nitrogens is 1. The van der Waals surface area contributed by atoms with Crippen LogP contribution in [0.5, 0.6) is 0 Å². The number of nitrogens with zero attached hydrogens (tertiary/aromatic N) is 1. The molecule has 1 heterocycles. The van der Waals surface area contributed by atoms with Crippen molar-refractivity contribution in [2.24, 2.45) is 0 Å². The van der Waals surface area contributed by atoms with E-state index in [2.05, 4.69) is 24.8 Å². The van der Waals surface area contributed by atoms with Gasteiger partial charge in [0, 0.05) is 0 Å². The highest BCUT2D eigenvalue weighted by Gasteiger charge is 2.05. The van der Waals surface area contributed by atoms with Crippen LogP contribution in [0, 0.1) is 12.3 Å². The molecule has 1 rings (SSSR count). The van der Waals surface area contributed by atoms with Crippen molar-refractivity contribution in [3.8, 4) is 12.3 Å². The predicted molar refractivity (Wildman–Crippen MR) is 50.7 cm³/mol. The highest BCUT2D eigenvalue weighted by molar-refractivity contribution is 5.45. The molecule has 0 saturated heterocycles. The molecule has 0 spiro atoms. The van der Waals surface area contributed by atoms with Crippen LogP contribution in [0.3, 0.4) is 0 Å². The van der Waals surface area contributed by atoms with Gasteiger partial charge in [0.2, 0.25) is 0 Å². The number of anilines is 1. The minimum absolute atomic E-state index is 0.368. The number of pyridine rings is 1. The van der Waals surface area contributed by atoms with Gasteiger partial charge in [0.15, 0.2) is 0 Å². The molecule has 12 heavy (non-hydrogen) atoms. The van der Waals surface area contributed by atoms with Crippen molar-refractivity contribution in [1.29, 1.82) is 0 Å². The fourth-order valence-electron chi connectivity index (χ4n) is 1.06. The van der Waals surface area contributed by atoms with E-state index in [1.54, 1.807) is 6.20 Å². The lowest BCUT2D eigenvalue weighted by atomic mass is 10.0. The molecule has 0 bridgehead atoms. The van der Waals surface area contributed by atoms with Crippen LogP contribution in [-0.2, 0) is 0 Å². The van der Waals surface area contributed by atoms with Gasteiger partial charge in [0.05, 0.1) is 11.9 Å². The Morgan fingerprint density at radius 3 is 2.75 bits per heavy atom. The Hall–Kier alpha value is -1.49. The van der Waals surface area contributed by atoms with Gasteiger partial charge in [-0.25, -0.2) is 4.98 Å². The maximum Gasteiger partial charge on any atom is 0.116 e. The molecule has 0 amide bonds. The average molecular weight is 160 g/mol. The Morgan fingerprint density at radius 1 is 1.58 bits per heavy atom. The van der Waals surface area contributed by atoms with Gasteiger partial charge >= 0.3 is 0 Å². The molecule has 1 aromatic heterocycles. The summed E-state index contributed by atoms with van der Waals surface area (Å²) in [5.74, 6) is 2.91. The first-order valence-corrected chi connectivity index (χ1v) is 3.87. The summed E-state index contributed by atoms with van der Waals surface area (Å²) in [4.78, 5) is 4.06. The summed E-state index contributed by atoms with van der Waals surface area (Å²) in [7, 11) is 0. The maximum absolute atomic E-state index is 5.59. The third-order valence-electron chi connectivity index (χ3n) is 1.70. The van der Waals surface area contributed by atoms with Gasteiger partial charge in [-0.3, -0.25) is 0 Å². The van der Waals surface area contributed by atoms with E-state index in [4.69, 9.17) is 12.2 Å². The smallest absolute Gasteiger partial charge is 0.116 e. The molecule has 0 unspecified atom stereocenters. The van der Waals surface area contributed by atoms with Crippen LogP contribution in [0.25, 0.3) is 0 Å². The van der Waals surface area contributed by atoms with Gasteiger partial charge in [-0.2, -0.15) is 0 Å². The summed E-state index contributed by atoms with van der Waals surface area (Å²) < 4.78 is 0. The van der Waals surface area contributed by atoms with Crippen LogP contribution in [0.4, 0.5) is 5.69 Å². The molecule has 62 valence electrons. The summed E-state index contributed by atoms with van der Waals surface area (Å²) in [5.41, 5.74) is 7.99. The number of terminal acetylenes is 1. The molecule has 2 N–H and O–H groups in total. The van der Waals surface area contributed by atoms with Crippen molar-refractivity contribution < 1.29 is 0 Å². The molecule has 0 atom stereocenters. The molecular formula is C10H12N2. The lowest BCUT2D eigenvalue weighted by Crippen LogP contribution is -1.98. The molecule has 0 aliphatic heterocycles. The molecule has 0 aliphatic rings. The van der Waals surface area contributed by atoms with E-state index in [0.717, 1.165) is 5.56 Å². The van der Waals surface area contributed by atoms with Crippen molar-refractivity contribution in [2.75, 3.05) is 5.73 Å². The van der Waals surface area contributed by atoms with Crippen LogP contribution in [0.15, 0.2) is 12.3 Å². The van der Waals surface area contributed by atoms with Gasteiger partial charge in [-0.15, -0.1) is 6.42 Å². The molecule has 1 aromatic rings. The molecule has 0 aliphatic carbocycles. The van der Waals surface area contributed by atoms with Crippen molar-refractivity contribution >= 4 is 5.69 Å². The Balaban J connectivity index is 3.24.